The monoisotopic (exact) mass is 432 g/mol. The molecule has 2 atom stereocenters. The van der Waals surface area contributed by atoms with E-state index in [2.05, 4.69) is 26.9 Å². The summed E-state index contributed by atoms with van der Waals surface area (Å²) in [4.78, 5) is 40.3. The van der Waals surface area contributed by atoms with Crippen molar-refractivity contribution in [1.29, 1.82) is 0 Å². The fourth-order valence-electron chi connectivity index (χ4n) is 5.11. The number of halogens is 1. The Kier molecular flexibility index (Phi) is 3.94. The van der Waals surface area contributed by atoms with E-state index in [1.807, 2.05) is 4.90 Å². The van der Waals surface area contributed by atoms with Crippen LogP contribution >= 0.6 is 0 Å². The number of hydrogen-bond acceptors (Lipinski definition) is 5. The van der Waals surface area contributed by atoms with Crippen LogP contribution in [0.15, 0.2) is 41.2 Å². The number of imidazole rings is 1. The number of carbonyl (C=O) groups excluding carboxylic acids is 1. The molecule has 2 saturated heterocycles. The minimum absolute atomic E-state index is 0.00575. The van der Waals surface area contributed by atoms with Crippen molar-refractivity contribution in [3.05, 3.63) is 58.1 Å². The molecule has 1 amide bonds. The normalized spacial score (nSPS) is 20.6. The first-order chi connectivity index (χ1) is 15.4. The number of anilines is 1. The Morgan fingerprint density at radius 3 is 2.75 bits per heavy atom. The Labute approximate surface area is 181 Å². The summed E-state index contributed by atoms with van der Waals surface area (Å²) in [6.45, 7) is 1.63. The molecule has 2 bridgehead atoms. The van der Waals surface area contributed by atoms with Crippen LogP contribution in [0.5, 0.6) is 0 Å². The lowest BCUT2D eigenvalue weighted by atomic mass is 10.1. The summed E-state index contributed by atoms with van der Waals surface area (Å²) >= 11 is 0. The van der Waals surface area contributed by atoms with Gasteiger partial charge in [-0.2, -0.15) is 0 Å². The van der Waals surface area contributed by atoms with Gasteiger partial charge in [0, 0.05) is 30.7 Å². The van der Waals surface area contributed by atoms with Crippen molar-refractivity contribution < 1.29 is 9.18 Å². The van der Waals surface area contributed by atoms with Crippen LogP contribution < -0.4 is 11.3 Å². The van der Waals surface area contributed by atoms with E-state index in [0.717, 1.165) is 19.5 Å². The predicted octanol–water partition coefficient (Wildman–Crippen LogP) is 2.32. The van der Waals surface area contributed by atoms with Gasteiger partial charge in [0.1, 0.15) is 17.2 Å². The van der Waals surface area contributed by atoms with Crippen molar-refractivity contribution in [2.75, 3.05) is 25.9 Å². The van der Waals surface area contributed by atoms with Crippen LogP contribution in [0.1, 0.15) is 16.8 Å². The summed E-state index contributed by atoms with van der Waals surface area (Å²) in [6, 6.07) is 10.3. The number of likely N-dealkylation sites (tertiary alicyclic amines) is 2. The van der Waals surface area contributed by atoms with Crippen LogP contribution in [0.2, 0.25) is 0 Å². The molecular weight excluding hydrogens is 411 g/mol. The van der Waals surface area contributed by atoms with E-state index in [-0.39, 0.29) is 34.4 Å². The number of nitrogens with two attached hydrogens (primary N) is 1. The summed E-state index contributed by atoms with van der Waals surface area (Å²) in [7, 11) is 2.09. The van der Waals surface area contributed by atoms with Gasteiger partial charge < -0.3 is 20.6 Å². The first-order valence-corrected chi connectivity index (χ1v) is 10.5. The molecule has 32 heavy (non-hydrogen) atoms. The van der Waals surface area contributed by atoms with Gasteiger partial charge in [-0.05, 0) is 43.8 Å². The molecule has 4 heterocycles. The summed E-state index contributed by atoms with van der Waals surface area (Å²) in [5, 5.41) is 0.146. The van der Waals surface area contributed by atoms with Crippen LogP contribution in [0.25, 0.3) is 33.3 Å². The molecule has 0 saturated carbocycles. The van der Waals surface area contributed by atoms with Crippen LogP contribution in [-0.4, -0.2) is 62.9 Å². The minimum Gasteiger partial charge on any atom is -0.397 e. The number of nitrogens with one attached hydrogen (secondary N) is 2. The van der Waals surface area contributed by atoms with Crippen LogP contribution in [-0.2, 0) is 0 Å². The van der Waals surface area contributed by atoms with Gasteiger partial charge in [-0.3, -0.25) is 14.5 Å². The number of rotatable bonds is 2. The maximum Gasteiger partial charge on any atom is 0.261 e. The summed E-state index contributed by atoms with van der Waals surface area (Å²) in [5.41, 5.74) is 7.92. The molecule has 0 radical (unpaired) electrons. The van der Waals surface area contributed by atoms with Crippen molar-refractivity contribution in [3.8, 4) is 11.4 Å². The fourth-order valence-corrected chi connectivity index (χ4v) is 5.11. The smallest absolute Gasteiger partial charge is 0.261 e. The van der Waals surface area contributed by atoms with Gasteiger partial charge in [0.05, 0.1) is 27.6 Å². The number of benzene rings is 2. The number of nitrogen functional groups attached to an aromatic ring is 1. The SMILES string of the molecule is CN1CC2CC1CN2C(=O)c1ccc2nc(-c3c(N)c4c(F)cccc4[nH]c3=O)[nH]c2c1. The zero-order valence-corrected chi connectivity index (χ0v) is 17.4. The van der Waals surface area contributed by atoms with Crippen LogP contribution in [0.3, 0.4) is 0 Å². The number of amides is 1. The van der Waals surface area contributed by atoms with E-state index in [0.29, 0.717) is 28.2 Å². The highest BCUT2D eigenvalue weighted by Crippen LogP contribution is 2.32. The highest BCUT2D eigenvalue weighted by molar-refractivity contribution is 6.00. The quantitative estimate of drug-likeness (QED) is 0.450. The lowest BCUT2D eigenvalue weighted by Gasteiger charge is -2.32. The molecule has 2 aliphatic rings. The zero-order chi connectivity index (χ0) is 22.1. The Morgan fingerprint density at radius 1 is 1.16 bits per heavy atom. The van der Waals surface area contributed by atoms with E-state index in [4.69, 9.17) is 5.73 Å². The second-order valence-corrected chi connectivity index (χ2v) is 8.66. The molecule has 9 heteroatoms. The van der Waals surface area contributed by atoms with E-state index < -0.39 is 11.4 Å². The minimum atomic E-state index is -0.521. The Bertz CT molecular complexity index is 1470. The molecule has 2 aromatic carbocycles. The van der Waals surface area contributed by atoms with Gasteiger partial charge in [-0.1, -0.05) is 6.07 Å². The van der Waals surface area contributed by atoms with Crippen molar-refractivity contribution in [3.63, 3.8) is 0 Å². The zero-order valence-electron chi connectivity index (χ0n) is 17.4. The highest BCUT2D eigenvalue weighted by atomic mass is 19.1. The number of hydrogen-bond donors (Lipinski definition) is 3. The first-order valence-electron chi connectivity index (χ1n) is 10.5. The predicted molar refractivity (Wildman–Crippen MR) is 120 cm³/mol. The maximum atomic E-state index is 14.4. The Morgan fingerprint density at radius 2 is 2.00 bits per heavy atom. The number of nitrogens with zero attached hydrogens (tertiary/aromatic N) is 3. The molecule has 2 aliphatic heterocycles. The summed E-state index contributed by atoms with van der Waals surface area (Å²) in [5.74, 6) is -0.295. The summed E-state index contributed by atoms with van der Waals surface area (Å²) in [6.07, 6.45) is 1.01. The largest absolute Gasteiger partial charge is 0.397 e. The molecule has 2 fully saturated rings. The van der Waals surface area contributed by atoms with E-state index in [1.165, 1.54) is 12.1 Å². The number of aromatic amines is 2. The van der Waals surface area contributed by atoms with E-state index in [1.54, 1.807) is 24.3 Å². The fraction of sp³-hybridized carbons (Fsp3) is 0.261. The standard InChI is InChI=1S/C23H21FN6O2/c1-29-9-13-8-12(29)10-30(13)23(32)11-5-6-15-17(7-11)27-21(26-15)19-20(25)18-14(24)3-2-4-16(18)28-22(19)31/h2-7,12-13H,8-10H2,1H3,(H,26,27)(H3,25,28,31). The van der Waals surface area contributed by atoms with Crippen molar-refractivity contribution in [2.45, 2.75) is 18.5 Å². The number of aromatic nitrogens is 3. The molecule has 162 valence electrons. The molecule has 8 nitrogen and oxygen atoms in total. The van der Waals surface area contributed by atoms with Gasteiger partial charge in [-0.25, -0.2) is 9.37 Å². The van der Waals surface area contributed by atoms with Gasteiger partial charge in [-0.15, -0.1) is 0 Å². The average molecular weight is 432 g/mol. The number of pyridine rings is 1. The molecule has 4 N–H and O–H groups in total. The number of carbonyl (C=O) groups is 1. The third-order valence-corrected chi connectivity index (χ3v) is 6.77. The Hall–Kier alpha value is -3.72. The number of likely N-dealkylation sites (N-methyl/N-ethyl adjacent to an activating group) is 1. The first kappa shape index (κ1) is 19.0. The third-order valence-electron chi connectivity index (χ3n) is 6.77. The second-order valence-electron chi connectivity index (χ2n) is 8.66. The highest BCUT2D eigenvalue weighted by Gasteiger charge is 2.43. The summed E-state index contributed by atoms with van der Waals surface area (Å²) < 4.78 is 14.4. The molecule has 2 aromatic heterocycles. The lowest BCUT2D eigenvalue weighted by molar-refractivity contribution is 0.0650. The topological polar surface area (TPSA) is 111 Å². The van der Waals surface area contributed by atoms with E-state index in [9.17, 15) is 14.0 Å². The molecular formula is C23H21FN6O2. The second kappa shape index (κ2) is 6.64. The van der Waals surface area contributed by atoms with Crippen molar-refractivity contribution in [2.24, 2.45) is 0 Å². The van der Waals surface area contributed by atoms with Gasteiger partial charge in [0.2, 0.25) is 0 Å². The number of piperazine rings is 1. The number of H-pyrrole nitrogens is 2. The van der Waals surface area contributed by atoms with Gasteiger partial charge in [0.15, 0.2) is 0 Å². The van der Waals surface area contributed by atoms with Gasteiger partial charge in [0.25, 0.3) is 11.5 Å². The van der Waals surface area contributed by atoms with Crippen LogP contribution in [0.4, 0.5) is 10.1 Å². The number of fused-ring (bicyclic) bond motifs is 4. The van der Waals surface area contributed by atoms with E-state index >= 15 is 0 Å². The van der Waals surface area contributed by atoms with Gasteiger partial charge >= 0.3 is 0 Å². The molecule has 2 unspecified atom stereocenters. The van der Waals surface area contributed by atoms with Crippen LogP contribution in [0, 0.1) is 5.82 Å². The Balaban J connectivity index is 1.41. The average Bonchev–Trinajstić information content (AvgIpc) is 3.45. The molecule has 0 aliphatic carbocycles. The molecule has 4 aromatic rings. The van der Waals surface area contributed by atoms with Crippen molar-refractivity contribution in [1.82, 2.24) is 24.8 Å². The maximum absolute atomic E-state index is 14.4. The van der Waals surface area contributed by atoms with Crippen molar-refractivity contribution >= 4 is 33.5 Å². The molecule has 0 spiro atoms. The third kappa shape index (κ3) is 2.67. The molecule has 6 rings (SSSR count). The lowest BCUT2D eigenvalue weighted by Crippen LogP contribution is -2.47.